The van der Waals surface area contributed by atoms with Crippen LogP contribution in [0, 0.1) is 0 Å². The van der Waals surface area contributed by atoms with Gasteiger partial charge < -0.3 is 5.32 Å². The quantitative estimate of drug-likeness (QED) is 0.740. The Balaban J connectivity index is 1.63. The van der Waals surface area contributed by atoms with Crippen molar-refractivity contribution in [1.82, 2.24) is 9.78 Å². The van der Waals surface area contributed by atoms with Crippen LogP contribution in [0.25, 0.3) is 0 Å². The van der Waals surface area contributed by atoms with Crippen LogP contribution in [-0.2, 0) is 19.5 Å². The number of hydrogen-bond acceptors (Lipinski definition) is 3. The molecule has 2 heterocycles. The van der Waals surface area contributed by atoms with Crippen molar-refractivity contribution in [1.29, 1.82) is 0 Å². The highest BCUT2D eigenvalue weighted by Gasteiger charge is 2.00. The van der Waals surface area contributed by atoms with Gasteiger partial charge in [0.05, 0.1) is 6.54 Å². The third-order valence-electron chi connectivity index (χ3n) is 3.36. The van der Waals surface area contributed by atoms with Gasteiger partial charge in [-0.1, -0.05) is 19.1 Å². The van der Waals surface area contributed by atoms with Crippen molar-refractivity contribution in [2.75, 3.05) is 5.32 Å². The van der Waals surface area contributed by atoms with Gasteiger partial charge in [-0.15, -0.1) is 11.3 Å². The molecule has 0 unspecified atom stereocenters. The zero-order chi connectivity index (χ0) is 14.5. The van der Waals surface area contributed by atoms with E-state index in [2.05, 4.69) is 53.7 Å². The van der Waals surface area contributed by atoms with Crippen molar-refractivity contribution in [3.05, 3.63) is 70.2 Å². The van der Waals surface area contributed by atoms with E-state index >= 15 is 0 Å². The largest absolute Gasteiger partial charge is 0.380 e. The zero-order valence-electron chi connectivity index (χ0n) is 12.1. The molecule has 1 N–H and O–H groups in total. The molecule has 3 nitrogen and oxygen atoms in total. The highest BCUT2D eigenvalue weighted by atomic mass is 32.1. The van der Waals surface area contributed by atoms with E-state index in [1.807, 2.05) is 34.5 Å². The molecule has 0 amide bonds. The number of nitrogens with one attached hydrogen (secondary N) is 1. The second-order valence-electron chi connectivity index (χ2n) is 4.98. The van der Waals surface area contributed by atoms with Crippen LogP contribution in [0.1, 0.15) is 22.2 Å². The molecule has 0 bridgehead atoms. The summed E-state index contributed by atoms with van der Waals surface area (Å²) in [5.74, 6) is 0. The Morgan fingerprint density at radius 3 is 2.81 bits per heavy atom. The molecule has 21 heavy (non-hydrogen) atoms. The lowest BCUT2D eigenvalue weighted by Crippen LogP contribution is -2.02. The summed E-state index contributed by atoms with van der Waals surface area (Å²) in [5.41, 5.74) is 2.41. The van der Waals surface area contributed by atoms with Crippen molar-refractivity contribution < 1.29 is 0 Å². The first-order valence-corrected chi connectivity index (χ1v) is 8.03. The molecule has 108 valence electrons. The van der Waals surface area contributed by atoms with E-state index in [1.165, 1.54) is 15.3 Å². The topological polar surface area (TPSA) is 29.9 Å². The van der Waals surface area contributed by atoms with Crippen LogP contribution in [0.5, 0.6) is 0 Å². The number of aryl methyl sites for hydroxylation is 1. The summed E-state index contributed by atoms with van der Waals surface area (Å²) < 4.78 is 1.94. The number of anilines is 1. The fourth-order valence-corrected chi connectivity index (χ4v) is 3.15. The molecule has 0 radical (unpaired) electrons. The number of rotatable bonds is 6. The number of nitrogens with zero attached hydrogens (tertiary/aromatic N) is 2. The number of benzene rings is 1. The molecule has 0 aliphatic heterocycles. The minimum atomic E-state index is 0.807. The average molecular weight is 297 g/mol. The Bertz CT molecular complexity index is 686. The predicted octanol–water partition coefficient (Wildman–Crippen LogP) is 4.17. The Morgan fingerprint density at radius 1 is 1.14 bits per heavy atom. The molecule has 0 atom stereocenters. The van der Waals surface area contributed by atoms with Crippen LogP contribution in [0.15, 0.2) is 54.9 Å². The van der Waals surface area contributed by atoms with Crippen LogP contribution in [0.3, 0.4) is 0 Å². The van der Waals surface area contributed by atoms with Crippen molar-refractivity contribution in [3.63, 3.8) is 0 Å². The van der Waals surface area contributed by atoms with Gasteiger partial charge in [-0.2, -0.15) is 5.10 Å². The van der Waals surface area contributed by atoms with Gasteiger partial charge in [-0.3, -0.25) is 4.68 Å². The lowest BCUT2D eigenvalue weighted by Gasteiger charge is -2.08. The summed E-state index contributed by atoms with van der Waals surface area (Å²) >= 11 is 1.88. The minimum absolute atomic E-state index is 0.807. The van der Waals surface area contributed by atoms with E-state index < -0.39 is 0 Å². The van der Waals surface area contributed by atoms with Crippen LogP contribution in [0.4, 0.5) is 5.69 Å². The van der Waals surface area contributed by atoms with Crippen LogP contribution >= 0.6 is 11.3 Å². The maximum absolute atomic E-state index is 4.24. The smallest absolute Gasteiger partial charge is 0.0660 e. The fourth-order valence-electron chi connectivity index (χ4n) is 2.26. The lowest BCUT2D eigenvalue weighted by atomic mass is 10.2. The molecular weight excluding hydrogens is 278 g/mol. The molecular formula is C17H19N3S. The second-order valence-corrected chi connectivity index (χ2v) is 6.23. The van der Waals surface area contributed by atoms with E-state index in [1.54, 1.807) is 0 Å². The van der Waals surface area contributed by atoms with Crippen molar-refractivity contribution >= 4 is 17.0 Å². The third-order valence-corrected chi connectivity index (χ3v) is 4.59. The second kappa shape index (κ2) is 6.59. The first kappa shape index (κ1) is 13.9. The normalized spacial score (nSPS) is 10.7. The Kier molecular flexibility index (Phi) is 4.36. The van der Waals surface area contributed by atoms with Crippen molar-refractivity contribution in [2.24, 2.45) is 0 Å². The molecule has 0 spiro atoms. The Morgan fingerprint density at radius 2 is 2.05 bits per heavy atom. The van der Waals surface area contributed by atoms with E-state index in [0.29, 0.717) is 0 Å². The average Bonchev–Trinajstić information content (AvgIpc) is 3.17. The van der Waals surface area contributed by atoms with E-state index in [-0.39, 0.29) is 0 Å². The first-order chi connectivity index (χ1) is 10.3. The van der Waals surface area contributed by atoms with E-state index in [4.69, 9.17) is 0 Å². The van der Waals surface area contributed by atoms with Gasteiger partial charge in [0, 0.05) is 34.4 Å². The van der Waals surface area contributed by atoms with E-state index in [0.717, 1.165) is 25.2 Å². The summed E-state index contributed by atoms with van der Waals surface area (Å²) in [5, 5.41) is 7.74. The summed E-state index contributed by atoms with van der Waals surface area (Å²) in [6.45, 7) is 3.89. The first-order valence-electron chi connectivity index (χ1n) is 7.21. The third kappa shape index (κ3) is 3.73. The summed E-state index contributed by atoms with van der Waals surface area (Å²) in [6, 6.07) is 14.9. The highest BCUT2D eigenvalue weighted by Crippen LogP contribution is 2.19. The minimum Gasteiger partial charge on any atom is -0.380 e. The van der Waals surface area contributed by atoms with Crippen LogP contribution in [-0.4, -0.2) is 9.78 Å². The molecule has 0 saturated carbocycles. The SMILES string of the molecule is CCc1ccc(CNc2cccc(Cn3cccn3)c2)s1. The maximum Gasteiger partial charge on any atom is 0.0660 e. The Hall–Kier alpha value is -2.07. The van der Waals surface area contributed by atoms with Crippen LogP contribution in [0.2, 0.25) is 0 Å². The standard InChI is InChI=1S/C17H19N3S/c1-2-16-7-8-17(21-16)12-18-15-6-3-5-14(11-15)13-20-10-4-9-19-20/h3-11,18H,2,12-13H2,1H3. The fraction of sp³-hybridized carbons (Fsp3) is 0.235. The van der Waals surface area contributed by atoms with E-state index in [9.17, 15) is 0 Å². The number of hydrogen-bond donors (Lipinski definition) is 1. The van der Waals surface area contributed by atoms with Gasteiger partial charge >= 0.3 is 0 Å². The Labute approximate surface area is 129 Å². The monoisotopic (exact) mass is 297 g/mol. The van der Waals surface area contributed by atoms with Crippen LogP contribution < -0.4 is 5.32 Å². The van der Waals surface area contributed by atoms with Gasteiger partial charge in [0.1, 0.15) is 0 Å². The van der Waals surface area contributed by atoms with Crippen molar-refractivity contribution in [2.45, 2.75) is 26.4 Å². The number of thiophene rings is 1. The molecule has 0 aliphatic rings. The predicted molar refractivity (Wildman–Crippen MR) is 88.8 cm³/mol. The molecule has 3 rings (SSSR count). The molecule has 2 aromatic heterocycles. The van der Waals surface area contributed by atoms with Gasteiger partial charge in [0.25, 0.3) is 0 Å². The molecule has 0 saturated heterocycles. The van der Waals surface area contributed by atoms with Gasteiger partial charge in [0.2, 0.25) is 0 Å². The van der Waals surface area contributed by atoms with Gasteiger partial charge in [0.15, 0.2) is 0 Å². The lowest BCUT2D eigenvalue weighted by molar-refractivity contribution is 0.687. The molecule has 3 aromatic rings. The maximum atomic E-state index is 4.24. The number of aromatic nitrogens is 2. The highest BCUT2D eigenvalue weighted by molar-refractivity contribution is 7.12. The van der Waals surface area contributed by atoms with Gasteiger partial charge in [-0.05, 0) is 42.3 Å². The molecule has 0 fully saturated rings. The van der Waals surface area contributed by atoms with Gasteiger partial charge in [-0.25, -0.2) is 0 Å². The summed E-state index contributed by atoms with van der Waals surface area (Å²) in [4.78, 5) is 2.82. The molecule has 4 heteroatoms. The molecule has 1 aromatic carbocycles. The zero-order valence-corrected chi connectivity index (χ0v) is 12.9. The van der Waals surface area contributed by atoms with Crippen molar-refractivity contribution in [3.8, 4) is 0 Å². The summed E-state index contributed by atoms with van der Waals surface area (Å²) in [6.07, 6.45) is 4.91. The summed E-state index contributed by atoms with van der Waals surface area (Å²) in [7, 11) is 0. The molecule has 0 aliphatic carbocycles.